The van der Waals surface area contributed by atoms with Crippen molar-refractivity contribution < 1.29 is 9.53 Å². The van der Waals surface area contributed by atoms with Crippen molar-refractivity contribution in [3.8, 4) is 5.75 Å². The maximum absolute atomic E-state index is 11.5. The number of carbonyl (C=O) groups excluding carboxylic acids is 1. The lowest BCUT2D eigenvalue weighted by molar-refractivity contribution is 0.101. The molecule has 0 amide bonds. The molecule has 0 atom stereocenters. The molecule has 20 heavy (non-hydrogen) atoms. The van der Waals surface area contributed by atoms with Gasteiger partial charge >= 0.3 is 0 Å². The predicted molar refractivity (Wildman–Crippen MR) is 81.0 cm³/mol. The van der Waals surface area contributed by atoms with Crippen LogP contribution >= 0.6 is 0 Å². The highest BCUT2D eigenvalue weighted by molar-refractivity contribution is 5.95. The van der Waals surface area contributed by atoms with Gasteiger partial charge in [-0.3, -0.25) is 4.79 Å². The summed E-state index contributed by atoms with van der Waals surface area (Å²) < 4.78 is 5.76. The van der Waals surface area contributed by atoms with Crippen LogP contribution in [0.15, 0.2) is 42.5 Å². The van der Waals surface area contributed by atoms with Crippen molar-refractivity contribution in [3.63, 3.8) is 0 Å². The van der Waals surface area contributed by atoms with Gasteiger partial charge in [-0.05, 0) is 54.8 Å². The van der Waals surface area contributed by atoms with Gasteiger partial charge in [-0.25, -0.2) is 0 Å². The largest absolute Gasteiger partial charge is 0.489 e. The Morgan fingerprint density at radius 1 is 1.15 bits per heavy atom. The van der Waals surface area contributed by atoms with E-state index in [1.54, 1.807) is 6.92 Å². The topological polar surface area (TPSA) is 52.3 Å². The monoisotopic (exact) mass is 269 g/mol. The Balaban J connectivity index is 2.10. The number of nitrogens with two attached hydrogens (primary N) is 1. The molecular weight excluding hydrogens is 250 g/mol. The lowest BCUT2D eigenvalue weighted by atomic mass is 10.0. The summed E-state index contributed by atoms with van der Waals surface area (Å²) in [7, 11) is 0. The van der Waals surface area contributed by atoms with Crippen LogP contribution < -0.4 is 10.5 Å². The number of ketones is 1. The van der Waals surface area contributed by atoms with Crippen LogP contribution in [0, 0.1) is 0 Å². The van der Waals surface area contributed by atoms with E-state index < -0.39 is 0 Å². The number of hydrogen-bond donors (Lipinski definition) is 1. The molecule has 2 rings (SSSR count). The Bertz CT molecular complexity index is 603. The lowest BCUT2D eigenvalue weighted by Gasteiger charge is -2.10. The molecule has 0 aliphatic heterocycles. The summed E-state index contributed by atoms with van der Waals surface area (Å²) in [6.07, 6.45) is 0.813. The third-order valence-corrected chi connectivity index (χ3v) is 3.22. The van der Waals surface area contributed by atoms with Crippen LogP contribution in [-0.4, -0.2) is 5.78 Å². The molecular formula is C17H19NO2. The van der Waals surface area contributed by atoms with Gasteiger partial charge in [0.15, 0.2) is 5.78 Å². The number of benzene rings is 2. The molecule has 2 aromatic rings. The number of rotatable bonds is 5. The van der Waals surface area contributed by atoms with Gasteiger partial charge in [-0.15, -0.1) is 0 Å². The zero-order valence-electron chi connectivity index (χ0n) is 11.8. The van der Waals surface area contributed by atoms with Crippen molar-refractivity contribution >= 4 is 11.5 Å². The third kappa shape index (κ3) is 3.38. The van der Waals surface area contributed by atoms with E-state index in [1.165, 1.54) is 0 Å². The van der Waals surface area contributed by atoms with Gasteiger partial charge in [0.2, 0.25) is 0 Å². The first-order chi connectivity index (χ1) is 9.60. The highest BCUT2D eigenvalue weighted by Gasteiger charge is 2.07. The molecule has 3 nitrogen and oxygen atoms in total. The second kappa shape index (κ2) is 6.24. The van der Waals surface area contributed by atoms with E-state index in [4.69, 9.17) is 10.5 Å². The van der Waals surface area contributed by atoms with Crippen LogP contribution in [0.5, 0.6) is 5.75 Å². The predicted octanol–water partition coefficient (Wildman–Crippen LogP) is 3.61. The molecule has 0 aliphatic rings. The molecule has 3 heteroatoms. The number of aryl methyl sites for hydroxylation is 1. The minimum atomic E-state index is 0.0898. The highest BCUT2D eigenvalue weighted by atomic mass is 16.5. The second-order valence-electron chi connectivity index (χ2n) is 4.76. The van der Waals surface area contributed by atoms with E-state index in [-0.39, 0.29) is 5.78 Å². The standard InChI is InChI=1S/C17H19NO2/c1-3-14-10-16(8-9-17(14)12(2)19)20-11-13-4-6-15(18)7-5-13/h4-10H,3,11,18H2,1-2H3. The van der Waals surface area contributed by atoms with Gasteiger partial charge in [0.1, 0.15) is 12.4 Å². The van der Waals surface area contributed by atoms with Crippen molar-refractivity contribution in [3.05, 3.63) is 59.2 Å². The smallest absolute Gasteiger partial charge is 0.160 e. The Morgan fingerprint density at radius 3 is 2.45 bits per heavy atom. The van der Waals surface area contributed by atoms with Gasteiger partial charge in [0.25, 0.3) is 0 Å². The van der Waals surface area contributed by atoms with Gasteiger partial charge in [0.05, 0.1) is 0 Å². The number of hydrogen-bond acceptors (Lipinski definition) is 3. The zero-order valence-corrected chi connectivity index (χ0v) is 11.8. The maximum atomic E-state index is 11.5. The van der Waals surface area contributed by atoms with Crippen molar-refractivity contribution in [1.82, 2.24) is 0 Å². The van der Waals surface area contributed by atoms with Crippen molar-refractivity contribution in [1.29, 1.82) is 0 Å². The highest BCUT2D eigenvalue weighted by Crippen LogP contribution is 2.20. The Kier molecular flexibility index (Phi) is 4.41. The van der Waals surface area contributed by atoms with E-state index in [0.717, 1.165) is 34.5 Å². The molecule has 2 N–H and O–H groups in total. The molecule has 0 fully saturated rings. The molecule has 0 aliphatic carbocycles. The fraction of sp³-hybridized carbons (Fsp3) is 0.235. The maximum Gasteiger partial charge on any atom is 0.160 e. The van der Waals surface area contributed by atoms with Crippen molar-refractivity contribution in [2.75, 3.05) is 5.73 Å². The van der Waals surface area contributed by atoms with E-state index in [9.17, 15) is 4.79 Å². The summed E-state index contributed by atoms with van der Waals surface area (Å²) in [6.45, 7) is 4.11. The van der Waals surface area contributed by atoms with E-state index in [0.29, 0.717) is 6.61 Å². The summed E-state index contributed by atoms with van der Waals surface area (Å²) in [4.78, 5) is 11.5. The third-order valence-electron chi connectivity index (χ3n) is 3.22. The quantitative estimate of drug-likeness (QED) is 0.666. The van der Waals surface area contributed by atoms with E-state index in [2.05, 4.69) is 0 Å². The summed E-state index contributed by atoms with van der Waals surface area (Å²) >= 11 is 0. The normalized spacial score (nSPS) is 10.3. The molecule has 0 aromatic heterocycles. The molecule has 0 unspecified atom stereocenters. The van der Waals surface area contributed by atoms with Crippen molar-refractivity contribution in [2.45, 2.75) is 26.9 Å². The van der Waals surface area contributed by atoms with Crippen molar-refractivity contribution in [2.24, 2.45) is 0 Å². The molecule has 104 valence electrons. The summed E-state index contributed by atoms with van der Waals surface area (Å²) in [5, 5.41) is 0. The fourth-order valence-corrected chi connectivity index (χ4v) is 2.08. The first-order valence-corrected chi connectivity index (χ1v) is 6.71. The van der Waals surface area contributed by atoms with Crippen LogP contribution in [0.1, 0.15) is 35.3 Å². The molecule has 0 spiro atoms. The number of Topliss-reactive ketones (excluding diaryl/α,β-unsaturated/α-hetero) is 1. The molecule has 2 aromatic carbocycles. The first-order valence-electron chi connectivity index (χ1n) is 6.71. The Labute approximate surface area is 119 Å². The van der Waals surface area contributed by atoms with E-state index in [1.807, 2.05) is 49.4 Å². The van der Waals surface area contributed by atoms with Gasteiger partial charge in [0, 0.05) is 11.3 Å². The van der Waals surface area contributed by atoms with Crippen LogP contribution in [0.4, 0.5) is 5.69 Å². The van der Waals surface area contributed by atoms with Gasteiger partial charge < -0.3 is 10.5 Å². The van der Waals surface area contributed by atoms with Gasteiger partial charge in [-0.1, -0.05) is 19.1 Å². The summed E-state index contributed by atoms with van der Waals surface area (Å²) in [5.74, 6) is 0.871. The first kappa shape index (κ1) is 14.1. The zero-order chi connectivity index (χ0) is 14.5. The average molecular weight is 269 g/mol. The van der Waals surface area contributed by atoms with Crippen LogP contribution in [-0.2, 0) is 13.0 Å². The molecule has 0 saturated heterocycles. The van der Waals surface area contributed by atoms with Gasteiger partial charge in [-0.2, -0.15) is 0 Å². The average Bonchev–Trinajstić information content (AvgIpc) is 2.46. The Morgan fingerprint density at radius 2 is 1.85 bits per heavy atom. The van der Waals surface area contributed by atoms with E-state index >= 15 is 0 Å². The molecule has 0 bridgehead atoms. The minimum absolute atomic E-state index is 0.0898. The van der Waals surface area contributed by atoms with Crippen LogP contribution in [0.3, 0.4) is 0 Å². The van der Waals surface area contributed by atoms with Crippen LogP contribution in [0.25, 0.3) is 0 Å². The number of nitrogen functional groups attached to an aromatic ring is 1. The second-order valence-corrected chi connectivity index (χ2v) is 4.76. The SMILES string of the molecule is CCc1cc(OCc2ccc(N)cc2)ccc1C(C)=O. The summed E-state index contributed by atoms with van der Waals surface area (Å²) in [5.41, 5.74) is 9.24. The minimum Gasteiger partial charge on any atom is -0.489 e. The molecule has 0 saturated carbocycles. The van der Waals surface area contributed by atoms with Crippen LogP contribution in [0.2, 0.25) is 0 Å². The fourth-order valence-electron chi connectivity index (χ4n) is 2.08. The number of anilines is 1. The number of carbonyl (C=O) groups is 1. The number of ether oxygens (including phenoxy) is 1. The molecule has 0 radical (unpaired) electrons. The molecule has 0 heterocycles. The summed E-state index contributed by atoms with van der Waals surface area (Å²) in [6, 6.07) is 13.2. The Hall–Kier alpha value is -2.29. The lowest BCUT2D eigenvalue weighted by Crippen LogP contribution is -2.01.